The Balaban J connectivity index is 2.72. The number of rotatable bonds is 3. The molecule has 0 aromatic heterocycles. The maximum absolute atomic E-state index is 6.09. The molecule has 1 nitrogen and oxygen atoms in total. The number of nitrogens with two attached hydrogens (primary N) is 1. The summed E-state index contributed by atoms with van der Waals surface area (Å²) in [7, 11) is 0. The molecular weight excluding hydrogens is 170 g/mol. The summed E-state index contributed by atoms with van der Waals surface area (Å²) in [5.74, 6) is 1.72. The van der Waals surface area contributed by atoms with Gasteiger partial charge in [-0.25, -0.2) is 0 Å². The Morgan fingerprint density at radius 3 is 2.29 bits per heavy atom. The van der Waals surface area contributed by atoms with E-state index in [1.54, 1.807) is 0 Å². The molecule has 1 fully saturated rings. The Hall–Kier alpha value is -0.0400. The molecule has 84 valence electrons. The Kier molecular flexibility index (Phi) is 4.00. The molecule has 0 amide bonds. The summed E-state index contributed by atoms with van der Waals surface area (Å²) in [4.78, 5) is 0. The third-order valence-corrected chi connectivity index (χ3v) is 4.75. The second-order valence-corrected chi connectivity index (χ2v) is 5.52. The maximum Gasteiger partial charge on any atom is 0.00418 e. The summed E-state index contributed by atoms with van der Waals surface area (Å²) in [6, 6.07) is 0.466. The van der Waals surface area contributed by atoms with Crippen LogP contribution < -0.4 is 5.73 Å². The van der Waals surface area contributed by atoms with Crippen LogP contribution in [0.25, 0.3) is 0 Å². The van der Waals surface area contributed by atoms with Gasteiger partial charge < -0.3 is 5.73 Å². The molecular formula is C13H27N. The maximum atomic E-state index is 6.09. The molecule has 0 bridgehead atoms. The van der Waals surface area contributed by atoms with Crippen LogP contribution in [0.3, 0.4) is 0 Å². The second-order valence-electron chi connectivity index (χ2n) is 5.52. The first kappa shape index (κ1) is 12.0. The lowest BCUT2D eigenvalue weighted by atomic mass is 9.62. The van der Waals surface area contributed by atoms with Crippen LogP contribution in [0.5, 0.6) is 0 Å². The van der Waals surface area contributed by atoms with Gasteiger partial charge in [0.1, 0.15) is 0 Å². The highest BCUT2D eigenvalue weighted by Crippen LogP contribution is 2.45. The van der Waals surface area contributed by atoms with Gasteiger partial charge >= 0.3 is 0 Å². The van der Waals surface area contributed by atoms with E-state index in [9.17, 15) is 0 Å². The van der Waals surface area contributed by atoms with Gasteiger partial charge in [-0.05, 0) is 36.5 Å². The predicted molar refractivity (Wildman–Crippen MR) is 63.2 cm³/mol. The van der Waals surface area contributed by atoms with Gasteiger partial charge in [-0.3, -0.25) is 0 Å². The Morgan fingerprint density at radius 1 is 1.21 bits per heavy atom. The first-order valence-electron chi connectivity index (χ1n) is 6.29. The van der Waals surface area contributed by atoms with E-state index in [1.165, 1.54) is 32.1 Å². The molecule has 0 aliphatic heterocycles. The van der Waals surface area contributed by atoms with Crippen LogP contribution in [0.15, 0.2) is 0 Å². The van der Waals surface area contributed by atoms with Gasteiger partial charge in [0.15, 0.2) is 0 Å². The van der Waals surface area contributed by atoms with E-state index in [0.29, 0.717) is 11.5 Å². The molecule has 0 saturated heterocycles. The van der Waals surface area contributed by atoms with Crippen molar-refractivity contribution in [1.29, 1.82) is 0 Å². The number of hydrogen-bond donors (Lipinski definition) is 1. The highest BCUT2D eigenvalue weighted by Gasteiger charge is 2.37. The summed E-state index contributed by atoms with van der Waals surface area (Å²) in [6.07, 6.45) is 6.42. The lowest BCUT2D eigenvalue weighted by molar-refractivity contribution is 0.0689. The molecule has 0 aromatic carbocycles. The summed E-state index contributed by atoms with van der Waals surface area (Å²) >= 11 is 0. The SMILES string of the molecule is CCC(C)(CC)C1CC(N)CCC1C. The fraction of sp³-hybridized carbons (Fsp3) is 1.00. The topological polar surface area (TPSA) is 26.0 Å². The average Bonchev–Trinajstić information content (AvgIpc) is 2.20. The van der Waals surface area contributed by atoms with E-state index in [-0.39, 0.29) is 0 Å². The second kappa shape index (κ2) is 4.65. The van der Waals surface area contributed by atoms with E-state index >= 15 is 0 Å². The molecule has 3 atom stereocenters. The van der Waals surface area contributed by atoms with Gasteiger partial charge in [-0.2, -0.15) is 0 Å². The molecule has 3 unspecified atom stereocenters. The van der Waals surface area contributed by atoms with Gasteiger partial charge in [0.25, 0.3) is 0 Å². The van der Waals surface area contributed by atoms with E-state index in [0.717, 1.165) is 11.8 Å². The number of hydrogen-bond acceptors (Lipinski definition) is 1. The lowest BCUT2D eigenvalue weighted by Gasteiger charge is -2.44. The minimum absolute atomic E-state index is 0.466. The van der Waals surface area contributed by atoms with Crippen LogP contribution in [0.2, 0.25) is 0 Å². The van der Waals surface area contributed by atoms with Crippen molar-refractivity contribution in [2.24, 2.45) is 23.0 Å². The smallest absolute Gasteiger partial charge is 0.00418 e. The molecule has 0 aromatic rings. The fourth-order valence-electron chi connectivity index (χ4n) is 3.10. The standard InChI is InChI=1S/C13H27N/c1-5-13(4,6-2)12-9-11(14)8-7-10(12)3/h10-12H,5-9,14H2,1-4H3. The van der Waals surface area contributed by atoms with Gasteiger partial charge in [-0.15, -0.1) is 0 Å². The van der Waals surface area contributed by atoms with Crippen LogP contribution in [0.4, 0.5) is 0 Å². The molecule has 0 radical (unpaired) electrons. The lowest BCUT2D eigenvalue weighted by Crippen LogP contribution is -2.40. The highest BCUT2D eigenvalue weighted by atomic mass is 14.7. The average molecular weight is 197 g/mol. The molecule has 1 aliphatic carbocycles. The van der Waals surface area contributed by atoms with Crippen molar-refractivity contribution in [2.45, 2.75) is 65.8 Å². The summed E-state index contributed by atoms with van der Waals surface area (Å²) in [6.45, 7) is 9.53. The van der Waals surface area contributed by atoms with Crippen LogP contribution in [-0.2, 0) is 0 Å². The molecule has 1 rings (SSSR count). The van der Waals surface area contributed by atoms with Crippen molar-refractivity contribution in [3.8, 4) is 0 Å². The molecule has 14 heavy (non-hydrogen) atoms. The molecule has 2 N–H and O–H groups in total. The third-order valence-electron chi connectivity index (χ3n) is 4.75. The first-order chi connectivity index (χ1) is 6.53. The third kappa shape index (κ3) is 2.31. The van der Waals surface area contributed by atoms with Crippen molar-refractivity contribution < 1.29 is 0 Å². The van der Waals surface area contributed by atoms with Gasteiger partial charge in [-0.1, -0.05) is 40.5 Å². The minimum Gasteiger partial charge on any atom is -0.328 e. The Labute approximate surface area is 89.5 Å². The minimum atomic E-state index is 0.466. The van der Waals surface area contributed by atoms with Crippen molar-refractivity contribution >= 4 is 0 Å². The molecule has 0 spiro atoms. The van der Waals surface area contributed by atoms with Crippen molar-refractivity contribution in [3.63, 3.8) is 0 Å². The van der Waals surface area contributed by atoms with Crippen LogP contribution in [0, 0.1) is 17.3 Å². The first-order valence-corrected chi connectivity index (χ1v) is 6.29. The molecule has 1 aliphatic rings. The van der Waals surface area contributed by atoms with Gasteiger partial charge in [0.05, 0.1) is 0 Å². The van der Waals surface area contributed by atoms with E-state index in [1.807, 2.05) is 0 Å². The molecule has 0 heterocycles. The zero-order valence-electron chi connectivity index (χ0n) is 10.3. The van der Waals surface area contributed by atoms with Crippen LogP contribution >= 0.6 is 0 Å². The quantitative estimate of drug-likeness (QED) is 0.735. The zero-order valence-corrected chi connectivity index (χ0v) is 10.3. The largest absolute Gasteiger partial charge is 0.328 e. The van der Waals surface area contributed by atoms with Crippen molar-refractivity contribution in [2.75, 3.05) is 0 Å². The van der Waals surface area contributed by atoms with Crippen molar-refractivity contribution in [3.05, 3.63) is 0 Å². The monoisotopic (exact) mass is 197 g/mol. The highest BCUT2D eigenvalue weighted by molar-refractivity contribution is 4.89. The van der Waals surface area contributed by atoms with Gasteiger partial charge in [0.2, 0.25) is 0 Å². The summed E-state index contributed by atoms with van der Waals surface area (Å²) in [5.41, 5.74) is 6.62. The Morgan fingerprint density at radius 2 is 1.79 bits per heavy atom. The van der Waals surface area contributed by atoms with Gasteiger partial charge in [0, 0.05) is 6.04 Å². The Bertz CT molecular complexity index is 172. The fourth-order valence-corrected chi connectivity index (χ4v) is 3.10. The normalized spacial score (nSPS) is 34.5. The summed E-state index contributed by atoms with van der Waals surface area (Å²) < 4.78 is 0. The van der Waals surface area contributed by atoms with E-state index in [2.05, 4.69) is 27.7 Å². The molecule has 1 saturated carbocycles. The van der Waals surface area contributed by atoms with Crippen LogP contribution in [-0.4, -0.2) is 6.04 Å². The predicted octanol–water partition coefficient (Wildman–Crippen LogP) is 3.58. The van der Waals surface area contributed by atoms with Crippen LogP contribution in [0.1, 0.15) is 59.8 Å². The van der Waals surface area contributed by atoms with E-state index in [4.69, 9.17) is 5.73 Å². The van der Waals surface area contributed by atoms with E-state index < -0.39 is 0 Å². The zero-order chi connectivity index (χ0) is 10.8. The summed E-state index contributed by atoms with van der Waals surface area (Å²) in [5, 5.41) is 0. The molecule has 1 heteroatoms. The van der Waals surface area contributed by atoms with Crippen molar-refractivity contribution in [1.82, 2.24) is 0 Å².